The first-order valence-corrected chi connectivity index (χ1v) is 10.3. The van der Waals surface area contributed by atoms with Crippen molar-refractivity contribution in [2.24, 2.45) is 0 Å². The number of aromatic nitrogens is 3. The Kier molecular flexibility index (Phi) is 6.06. The first-order chi connectivity index (χ1) is 14.2. The highest BCUT2D eigenvalue weighted by Crippen LogP contribution is 2.24. The van der Waals surface area contributed by atoms with E-state index in [0.29, 0.717) is 10.1 Å². The molecule has 29 heavy (non-hydrogen) atoms. The topological polar surface area (TPSA) is 83.0 Å². The lowest BCUT2D eigenvalue weighted by Gasteiger charge is -2.32. The van der Waals surface area contributed by atoms with Gasteiger partial charge >= 0.3 is 6.03 Å². The Morgan fingerprint density at radius 3 is 2.66 bits per heavy atom. The minimum atomic E-state index is -0.272. The van der Waals surface area contributed by atoms with E-state index in [4.69, 9.17) is 0 Å². The van der Waals surface area contributed by atoms with E-state index in [1.165, 1.54) is 23.5 Å². The van der Waals surface area contributed by atoms with Crippen molar-refractivity contribution in [3.8, 4) is 10.7 Å². The van der Waals surface area contributed by atoms with Crippen LogP contribution in [0.2, 0.25) is 0 Å². The summed E-state index contributed by atoms with van der Waals surface area (Å²) in [6, 6.07) is 12.0. The summed E-state index contributed by atoms with van der Waals surface area (Å²) in [6.07, 6.45) is 3.42. The van der Waals surface area contributed by atoms with Crippen molar-refractivity contribution in [1.82, 2.24) is 25.4 Å². The van der Waals surface area contributed by atoms with Crippen LogP contribution in [-0.4, -0.2) is 45.2 Å². The molecule has 0 aliphatic carbocycles. The number of benzene rings is 1. The smallest absolute Gasteiger partial charge is 0.321 e. The van der Waals surface area contributed by atoms with E-state index >= 15 is 0 Å². The Morgan fingerprint density at radius 2 is 1.93 bits per heavy atom. The molecule has 1 aliphatic rings. The van der Waals surface area contributed by atoms with Gasteiger partial charge in [-0.15, -0.1) is 10.2 Å². The quantitative estimate of drug-likeness (QED) is 0.670. The number of pyridine rings is 1. The molecule has 0 bridgehead atoms. The molecule has 0 saturated carbocycles. The lowest BCUT2D eigenvalue weighted by Crippen LogP contribution is -2.45. The number of hydrogen-bond acceptors (Lipinski definition) is 6. The van der Waals surface area contributed by atoms with Crippen molar-refractivity contribution in [3.05, 3.63) is 60.0 Å². The summed E-state index contributed by atoms with van der Waals surface area (Å²) in [5.41, 5.74) is 1.82. The van der Waals surface area contributed by atoms with Gasteiger partial charge in [0.1, 0.15) is 11.5 Å². The van der Waals surface area contributed by atoms with Crippen LogP contribution in [0.4, 0.5) is 14.3 Å². The number of rotatable bonds is 5. The Morgan fingerprint density at radius 1 is 1.14 bits per heavy atom. The van der Waals surface area contributed by atoms with Gasteiger partial charge in [0.25, 0.3) is 0 Å². The lowest BCUT2D eigenvalue weighted by atomic mass is 10.0. The van der Waals surface area contributed by atoms with Crippen molar-refractivity contribution in [2.75, 3.05) is 18.4 Å². The molecular formula is C20H21FN6OS. The maximum atomic E-state index is 13.0. The van der Waals surface area contributed by atoms with Crippen molar-refractivity contribution >= 4 is 22.5 Å². The number of carbonyl (C=O) groups excluding carboxylic acids is 1. The highest BCUT2D eigenvalue weighted by Gasteiger charge is 2.21. The van der Waals surface area contributed by atoms with Gasteiger partial charge in [0.15, 0.2) is 5.01 Å². The molecule has 0 unspecified atom stereocenters. The fraction of sp³-hybridized carbons (Fsp3) is 0.300. The van der Waals surface area contributed by atoms with Gasteiger partial charge in [0.05, 0.1) is 0 Å². The number of hydrogen-bond donors (Lipinski definition) is 2. The number of nitrogens with one attached hydrogen (secondary N) is 2. The maximum absolute atomic E-state index is 13.0. The average molecular weight is 412 g/mol. The van der Waals surface area contributed by atoms with Crippen LogP contribution in [0, 0.1) is 5.82 Å². The van der Waals surface area contributed by atoms with E-state index in [-0.39, 0.29) is 17.9 Å². The van der Waals surface area contributed by atoms with Gasteiger partial charge in [-0.25, -0.2) is 9.18 Å². The van der Waals surface area contributed by atoms with Gasteiger partial charge in [0, 0.05) is 31.9 Å². The van der Waals surface area contributed by atoms with Crippen LogP contribution in [0.3, 0.4) is 0 Å². The van der Waals surface area contributed by atoms with Crippen LogP contribution in [0.5, 0.6) is 0 Å². The third-order valence-electron chi connectivity index (χ3n) is 4.77. The highest BCUT2D eigenvalue weighted by molar-refractivity contribution is 7.18. The molecule has 4 rings (SSSR count). The molecule has 0 radical (unpaired) electrons. The molecule has 1 fully saturated rings. The number of nitrogens with zero attached hydrogens (tertiary/aromatic N) is 4. The molecule has 0 spiro atoms. The summed E-state index contributed by atoms with van der Waals surface area (Å²) < 4.78 is 13.0. The molecule has 2 amide bonds. The Hall–Kier alpha value is -2.91. The van der Waals surface area contributed by atoms with Gasteiger partial charge in [-0.05, 0) is 42.7 Å². The predicted octanol–water partition coefficient (Wildman–Crippen LogP) is 3.53. The van der Waals surface area contributed by atoms with Gasteiger partial charge in [0.2, 0.25) is 5.13 Å². The number of halogens is 1. The molecule has 2 N–H and O–H groups in total. The van der Waals surface area contributed by atoms with Gasteiger partial charge in [-0.1, -0.05) is 29.5 Å². The summed E-state index contributed by atoms with van der Waals surface area (Å²) in [5, 5.41) is 14.9. The average Bonchev–Trinajstić information content (AvgIpc) is 3.20. The van der Waals surface area contributed by atoms with Crippen LogP contribution < -0.4 is 10.6 Å². The first-order valence-electron chi connectivity index (χ1n) is 9.45. The fourth-order valence-corrected chi connectivity index (χ4v) is 3.98. The van der Waals surface area contributed by atoms with E-state index in [1.807, 2.05) is 30.3 Å². The maximum Gasteiger partial charge on any atom is 0.321 e. The molecule has 1 aliphatic heterocycles. The molecule has 7 nitrogen and oxygen atoms in total. The molecule has 1 aromatic carbocycles. The van der Waals surface area contributed by atoms with Crippen LogP contribution in [0.25, 0.3) is 10.7 Å². The van der Waals surface area contributed by atoms with Crippen molar-refractivity contribution in [2.45, 2.75) is 25.4 Å². The fourth-order valence-electron chi connectivity index (χ4n) is 3.27. The lowest BCUT2D eigenvalue weighted by molar-refractivity contribution is 0.190. The van der Waals surface area contributed by atoms with E-state index in [9.17, 15) is 9.18 Å². The minimum absolute atomic E-state index is 0.114. The predicted molar refractivity (Wildman–Crippen MR) is 110 cm³/mol. The SMILES string of the molecule is O=C(Nc1nnc(-c2ccccn2)s1)NC1CCN(Cc2ccc(F)cc2)CC1. The van der Waals surface area contributed by atoms with Crippen LogP contribution in [-0.2, 0) is 6.54 Å². The zero-order valence-electron chi connectivity index (χ0n) is 15.7. The van der Waals surface area contributed by atoms with Crippen LogP contribution in [0.1, 0.15) is 18.4 Å². The minimum Gasteiger partial charge on any atom is -0.335 e. The van der Waals surface area contributed by atoms with Crippen LogP contribution >= 0.6 is 11.3 Å². The molecule has 9 heteroatoms. The number of carbonyl (C=O) groups is 1. The molecule has 3 heterocycles. The first kappa shape index (κ1) is 19.4. The number of anilines is 1. The van der Waals surface area contributed by atoms with Crippen molar-refractivity contribution < 1.29 is 9.18 Å². The Labute approximate surface area is 172 Å². The van der Waals surface area contributed by atoms with Gasteiger partial charge < -0.3 is 5.32 Å². The summed E-state index contributed by atoms with van der Waals surface area (Å²) >= 11 is 1.29. The molecule has 3 aromatic rings. The van der Waals surface area contributed by atoms with Crippen molar-refractivity contribution in [3.63, 3.8) is 0 Å². The third-order valence-corrected chi connectivity index (χ3v) is 5.63. The zero-order chi connectivity index (χ0) is 20.1. The number of amides is 2. The largest absolute Gasteiger partial charge is 0.335 e. The summed E-state index contributed by atoms with van der Waals surface area (Å²) in [7, 11) is 0. The van der Waals surface area contributed by atoms with E-state index in [0.717, 1.165) is 43.7 Å². The normalized spacial score (nSPS) is 15.2. The van der Waals surface area contributed by atoms with Crippen molar-refractivity contribution in [1.29, 1.82) is 0 Å². The molecule has 0 atom stereocenters. The van der Waals surface area contributed by atoms with Crippen LogP contribution in [0.15, 0.2) is 48.7 Å². The second-order valence-electron chi connectivity index (χ2n) is 6.90. The third kappa shape index (κ3) is 5.33. The molecule has 1 saturated heterocycles. The summed E-state index contributed by atoms with van der Waals surface area (Å²) in [4.78, 5) is 18.8. The Balaban J connectivity index is 1.23. The zero-order valence-corrected chi connectivity index (χ0v) is 16.5. The molecule has 2 aromatic heterocycles. The summed E-state index contributed by atoms with van der Waals surface area (Å²) in [6.45, 7) is 2.55. The van der Waals surface area contributed by atoms with Gasteiger partial charge in [-0.2, -0.15) is 0 Å². The second kappa shape index (κ2) is 9.06. The number of piperidine rings is 1. The molecular weight excluding hydrogens is 391 g/mol. The molecule has 150 valence electrons. The standard InChI is InChI=1S/C20H21FN6OS/c21-15-6-4-14(5-7-15)13-27-11-8-16(9-12-27)23-19(28)24-20-26-25-18(29-20)17-3-1-2-10-22-17/h1-7,10,16H,8-9,11-13H2,(H2,23,24,26,28). The highest BCUT2D eigenvalue weighted by atomic mass is 32.1. The van der Waals surface area contributed by atoms with E-state index < -0.39 is 0 Å². The summed E-state index contributed by atoms with van der Waals surface area (Å²) in [5.74, 6) is -0.217. The monoisotopic (exact) mass is 412 g/mol. The Bertz CT molecular complexity index is 941. The number of urea groups is 1. The van der Waals surface area contributed by atoms with E-state index in [2.05, 4.69) is 30.7 Å². The number of likely N-dealkylation sites (tertiary alicyclic amines) is 1. The van der Waals surface area contributed by atoms with Gasteiger partial charge in [-0.3, -0.25) is 15.2 Å². The second-order valence-corrected chi connectivity index (χ2v) is 7.88. The van der Waals surface area contributed by atoms with E-state index in [1.54, 1.807) is 6.20 Å².